The topological polar surface area (TPSA) is 25.8 Å². The van der Waals surface area contributed by atoms with Crippen molar-refractivity contribution in [3.05, 3.63) is 119 Å². The lowest BCUT2D eigenvalue weighted by Crippen LogP contribution is -2.44. The highest BCUT2D eigenvalue weighted by Crippen LogP contribution is 2.54. The van der Waals surface area contributed by atoms with E-state index in [9.17, 15) is 0 Å². The third-order valence-electron chi connectivity index (χ3n) is 9.15. The van der Waals surface area contributed by atoms with Gasteiger partial charge in [0, 0.05) is 0 Å². The molecular weight excluding hydrogens is 517 g/mol. The number of hydrogen-bond donors (Lipinski definition) is 0. The van der Waals surface area contributed by atoms with Crippen molar-refractivity contribution in [1.82, 2.24) is 9.97 Å². The van der Waals surface area contributed by atoms with Crippen LogP contribution in [0.2, 0.25) is 39.3 Å². The Bertz CT molecular complexity index is 1850. The second kappa shape index (κ2) is 7.99. The predicted octanol–water partition coefficient (Wildman–Crippen LogP) is 8.01. The van der Waals surface area contributed by atoms with Gasteiger partial charge in [-0.1, -0.05) is 112 Å². The van der Waals surface area contributed by atoms with Crippen LogP contribution in [0.4, 0.5) is 0 Å². The smallest absolute Gasteiger partial charge is 0.0897 e. The molecule has 40 heavy (non-hydrogen) atoms. The van der Waals surface area contributed by atoms with Crippen LogP contribution in [0.1, 0.15) is 45.5 Å². The first-order valence-corrected chi connectivity index (χ1v) is 21.5. The first-order valence-electron chi connectivity index (χ1n) is 14.5. The van der Waals surface area contributed by atoms with E-state index in [1.807, 2.05) is 0 Å². The van der Waals surface area contributed by atoms with Crippen LogP contribution in [0.25, 0.3) is 32.6 Å². The summed E-state index contributed by atoms with van der Waals surface area (Å²) in [4.78, 5) is 11.0. The van der Waals surface area contributed by atoms with Crippen LogP contribution in [0.5, 0.6) is 0 Å². The van der Waals surface area contributed by atoms with E-state index in [4.69, 9.17) is 9.97 Å². The van der Waals surface area contributed by atoms with Crippen molar-refractivity contribution < 1.29 is 0 Å². The molecule has 0 saturated heterocycles. The molecule has 0 atom stereocenters. The average molecular weight is 551 g/mol. The van der Waals surface area contributed by atoms with Crippen molar-refractivity contribution in [3.63, 3.8) is 0 Å². The van der Waals surface area contributed by atoms with E-state index in [1.54, 1.807) is 10.4 Å². The normalized spacial score (nSPS) is 17.8. The highest BCUT2D eigenvalue weighted by Gasteiger charge is 2.43. The Kier molecular flexibility index (Phi) is 4.84. The van der Waals surface area contributed by atoms with Crippen LogP contribution in [0.3, 0.4) is 0 Å². The molecule has 5 aromatic carbocycles. The zero-order valence-corrected chi connectivity index (χ0v) is 26.1. The standard InChI is InChI=1S/C36H34N2Si2/c1-39(2,3)35-25-17-11-12-18-26(25)36(40(4,5)6)28-20-30-29(19-27(28)35)37-33-31-21-13-7-9-15-23(21)32(34(33)38-30)24-16-10-8-14-22(24)31/h7-20,31-32H,1-6H3. The van der Waals surface area contributed by atoms with Crippen LogP contribution < -0.4 is 10.4 Å². The Labute approximate surface area is 238 Å². The lowest BCUT2D eigenvalue weighted by Gasteiger charge is -2.40. The van der Waals surface area contributed by atoms with Gasteiger partial charge >= 0.3 is 0 Å². The molecule has 2 nitrogen and oxygen atoms in total. The van der Waals surface area contributed by atoms with Gasteiger partial charge in [0.05, 0.1) is 50.4 Å². The molecule has 1 aromatic heterocycles. The van der Waals surface area contributed by atoms with E-state index in [1.165, 1.54) is 43.8 Å². The van der Waals surface area contributed by atoms with Crippen molar-refractivity contribution >= 4 is 59.1 Å². The number of rotatable bonds is 2. The number of aromatic nitrogens is 2. The fraction of sp³-hybridized carbons (Fsp3) is 0.222. The average Bonchev–Trinajstić information content (AvgIpc) is 2.92. The lowest BCUT2D eigenvalue weighted by molar-refractivity contribution is 0.709. The van der Waals surface area contributed by atoms with Crippen molar-refractivity contribution in [2.45, 2.75) is 51.1 Å². The van der Waals surface area contributed by atoms with Crippen molar-refractivity contribution in [2.24, 2.45) is 0 Å². The maximum absolute atomic E-state index is 5.51. The Hall–Kier alpha value is -3.61. The van der Waals surface area contributed by atoms with Crippen LogP contribution in [0.15, 0.2) is 84.9 Å². The molecule has 6 aromatic rings. The summed E-state index contributed by atoms with van der Waals surface area (Å²) < 4.78 is 0. The third-order valence-corrected chi connectivity index (χ3v) is 13.2. The first-order chi connectivity index (χ1) is 19.1. The fourth-order valence-corrected chi connectivity index (χ4v) is 11.9. The quantitative estimate of drug-likeness (QED) is 0.161. The van der Waals surface area contributed by atoms with Gasteiger partial charge in [-0.15, -0.1) is 0 Å². The summed E-state index contributed by atoms with van der Waals surface area (Å²) >= 11 is 0. The molecule has 0 amide bonds. The maximum Gasteiger partial charge on any atom is 0.0897 e. The minimum atomic E-state index is -1.70. The summed E-state index contributed by atoms with van der Waals surface area (Å²) in [5.74, 6) is 0.288. The molecule has 0 N–H and O–H groups in total. The van der Waals surface area contributed by atoms with Crippen LogP contribution >= 0.6 is 0 Å². The zero-order valence-electron chi connectivity index (χ0n) is 24.1. The SMILES string of the molecule is C[Si](C)(C)c1c2ccccc2c([Si](C)(C)C)c2cc3nc4c(nc3cc12)C1c2ccccc2C4c2ccccc21. The maximum atomic E-state index is 5.51. The van der Waals surface area contributed by atoms with Crippen LogP contribution in [0, 0.1) is 0 Å². The van der Waals surface area contributed by atoms with Crippen LogP contribution in [-0.4, -0.2) is 26.1 Å². The minimum Gasteiger partial charge on any atom is -0.248 e. The summed E-state index contributed by atoms with van der Waals surface area (Å²) in [6.45, 7) is 14.9. The van der Waals surface area contributed by atoms with E-state index < -0.39 is 16.1 Å². The van der Waals surface area contributed by atoms with Crippen molar-refractivity contribution in [1.29, 1.82) is 0 Å². The number of nitrogens with zero attached hydrogens (tertiary/aromatic N) is 2. The summed E-state index contributed by atoms with van der Waals surface area (Å²) in [7, 11) is -3.40. The van der Waals surface area contributed by atoms with E-state index in [0.29, 0.717) is 0 Å². The Morgan fingerprint density at radius 2 is 0.775 bits per heavy atom. The molecule has 0 radical (unpaired) electrons. The van der Waals surface area contributed by atoms with Crippen molar-refractivity contribution in [3.8, 4) is 0 Å². The molecule has 9 rings (SSSR count). The van der Waals surface area contributed by atoms with E-state index in [2.05, 4.69) is 124 Å². The van der Waals surface area contributed by atoms with E-state index in [-0.39, 0.29) is 11.8 Å². The van der Waals surface area contributed by atoms with E-state index >= 15 is 0 Å². The molecule has 3 aliphatic rings. The molecular formula is C36H34N2Si2. The second-order valence-electron chi connectivity index (χ2n) is 13.8. The van der Waals surface area contributed by atoms with Gasteiger partial charge in [-0.25, -0.2) is 9.97 Å². The molecule has 3 aliphatic carbocycles. The van der Waals surface area contributed by atoms with Gasteiger partial charge in [0.1, 0.15) is 0 Å². The zero-order chi connectivity index (χ0) is 27.6. The molecule has 0 unspecified atom stereocenters. The Balaban J connectivity index is 1.51. The summed E-state index contributed by atoms with van der Waals surface area (Å²) in [6, 6.07) is 31.9. The number of hydrogen-bond acceptors (Lipinski definition) is 2. The van der Waals surface area contributed by atoms with Gasteiger partial charge in [-0.3, -0.25) is 0 Å². The molecule has 1 heterocycles. The molecule has 0 fully saturated rings. The monoisotopic (exact) mass is 550 g/mol. The molecule has 0 saturated carbocycles. The Morgan fingerprint density at radius 1 is 0.450 bits per heavy atom. The van der Waals surface area contributed by atoms with Crippen LogP contribution in [-0.2, 0) is 0 Å². The largest absolute Gasteiger partial charge is 0.248 e. The Morgan fingerprint density at radius 3 is 1.10 bits per heavy atom. The molecule has 0 spiro atoms. The highest BCUT2D eigenvalue weighted by molar-refractivity contribution is 6.95. The van der Waals surface area contributed by atoms with E-state index in [0.717, 1.165) is 22.4 Å². The second-order valence-corrected chi connectivity index (χ2v) is 23.8. The van der Waals surface area contributed by atoms with Gasteiger partial charge in [0.15, 0.2) is 0 Å². The molecule has 4 heteroatoms. The first kappa shape index (κ1) is 24.2. The summed E-state index contributed by atoms with van der Waals surface area (Å²) in [6.07, 6.45) is 0. The van der Waals surface area contributed by atoms with Gasteiger partial charge in [-0.05, 0) is 66.3 Å². The lowest BCUT2D eigenvalue weighted by atomic mass is 9.64. The summed E-state index contributed by atoms with van der Waals surface area (Å²) in [5.41, 5.74) is 9.93. The number of benzene rings is 5. The minimum absolute atomic E-state index is 0.144. The molecule has 0 aliphatic heterocycles. The van der Waals surface area contributed by atoms with Crippen molar-refractivity contribution in [2.75, 3.05) is 0 Å². The third kappa shape index (κ3) is 3.20. The number of fused-ring (bicyclic) bond motifs is 3. The van der Waals surface area contributed by atoms with Gasteiger partial charge in [0.25, 0.3) is 0 Å². The van der Waals surface area contributed by atoms with Gasteiger partial charge in [0.2, 0.25) is 0 Å². The van der Waals surface area contributed by atoms with Gasteiger partial charge in [-0.2, -0.15) is 0 Å². The molecule has 196 valence electrons. The fourth-order valence-electron chi connectivity index (χ4n) is 7.79. The molecule has 2 bridgehead atoms. The predicted molar refractivity (Wildman–Crippen MR) is 175 cm³/mol. The van der Waals surface area contributed by atoms with Gasteiger partial charge < -0.3 is 0 Å². The summed E-state index contributed by atoms with van der Waals surface area (Å²) in [5, 5.41) is 8.80. The highest BCUT2D eigenvalue weighted by atomic mass is 28.3.